The highest BCUT2D eigenvalue weighted by molar-refractivity contribution is 9.10. The van der Waals surface area contributed by atoms with E-state index in [9.17, 15) is 0 Å². The van der Waals surface area contributed by atoms with Crippen LogP contribution in [0.2, 0.25) is 0 Å². The summed E-state index contributed by atoms with van der Waals surface area (Å²) in [6.07, 6.45) is 4.50. The Balaban J connectivity index is 1.59. The molecule has 19 heavy (non-hydrogen) atoms. The van der Waals surface area contributed by atoms with Crippen molar-refractivity contribution in [3.63, 3.8) is 0 Å². The monoisotopic (exact) mass is 334 g/mol. The molecule has 0 atom stereocenters. The van der Waals surface area contributed by atoms with Gasteiger partial charge in [0.05, 0.1) is 0 Å². The number of nitrogens with one attached hydrogen (secondary N) is 1. The number of hydrogen-bond donors (Lipinski definition) is 1. The number of nitrogens with zero attached hydrogens (tertiary/aromatic N) is 1. The average molecular weight is 335 g/mol. The smallest absolute Gasteiger partial charge is 0.101 e. The van der Waals surface area contributed by atoms with Crippen LogP contribution in [0.25, 0.3) is 0 Å². The molecule has 1 aromatic carbocycles. The van der Waals surface area contributed by atoms with Gasteiger partial charge in [-0.1, -0.05) is 23.9 Å². The Morgan fingerprint density at radius 1 is 1.16 bits per heavy atom. The van der Waals surface area contributed by atoms with Crippen LogP contribution in [0.15, 0.2) is 57.0 Å². The Morgan fingerprint density at radius 3 is 2.58 bits per heavy atom. The number of benzene rings is 1. The van der Waals surface area contributed by atoms with Gasteiger partial charge in [-0.15, -0.1) is 0 Å². The SMILES string of the molecule is Brc1ccc(Sc2ccc(CNC3CC3)cc2)nc1. The van der Waals surface area contributed by atoms with Crippen molar-refractivity contribution in [1.29, 1.82) is 0 Å². The molecule has 0 aliphatic heterocycles. The van der Waals surface area contributed by atoms with E-state index in [0.717, 1.165) is 22.1 Å². The fourth-order valence-electron chi connectivity index (χ4n) is 1.77. The lowest BCUT2D eigenvalue weighted by atomic mass is 10.2. The molecule has 2 nitrogen and oxygen atoms in total. The van der Waals surface area contributed by atoms with Crippen molar-refractivity contribution < 1.29 is 0 Å². The van der Waals surface area contributed by atoms with Crippen LogP contribution in [0.1, 0.15) is 18.4 Å². The molecule has 1 saturated carbocycles. The standard InChI is InChI=1S/C15H15BrN2S/c16-12-3-8-15(18-10-12)19-14-6-1-11(2-7-14)9-17-13-4-5-13/h1-3,6-8,10,13,17H,4-5,9H2. The zero-order valence-corrected chi connectivity index (χ0v) is 12.9. The van der Waals surface area contributed by atoms with Crippen LogP contribution in [0.4, 0.5) is 0 Å². The molecule has 1 aliphatic carbocycles. The van der Waals surface area contributed by atoms with Gasteiger partial charge in [0.15, 0.2) is 0 Å². The highest BCUT2D eigenvalue weighted by atomic mass is 79.9. The normalized spacial score (nSPS) is 14.6. The molecule has 0 spiro atoms. The summed E-state index contributed by atoms with van der Waals surface area (Å²) >= 11 is 5.09. The molecule has 1 fully saturated rings. The molecule has 1 aromatic heterocycles. The molecular formula is C15H15BrN2S. The van der Waals surface area contributed by atoms with Crippen molar-refractivity contribution in [3.8, 4) is 0 Å². The Hall–Kier alpha value is -0.840. The highest BCUT2D eigenvalue weighted by Gasteiger charge is 2.19. The van der Waals surface area contributed by atoms with Gasteiger partial charge in [-0.2, -0.15) is 0 Å². The Morgan fingerprint density at radius 2 is 1.95 bits per heavy atom. The second-order valence-corrected chi connectivity index (χ2v) is 6.73. The van der Waals surface area contributed by atoms with Crippen LogP contribution < -0.4 is 5.32 Å². The first-order valence-electron chi connectivity index (χ1n) is 6.41. The highest BCUT2D eigenvalue weighted by Crippen LogP contribution is 2.27. The molecule has 0 saturated heterocycles. The zero-order chi connectivity index (χ0) is 13.1. The fourth-order valence-corrected chi connectivity index (χ4v) is 2.76. The van der Waals surface area contributed by atoms with Gasteiger partial charge in [-0.3, -0.25) is 0 Å². The van der Waals surface area contributed by atoms with E-state index in [0.29, 0.717) is 0 Å². The van der Waals surface area contributed by atoms with Gasteiger partial charge in [0.1, 0.15) is 5.03 Å². The van der Waals surface area contributed by atoms with E-state index in [4.69, 9.17) is 0 Å². The third-order valence-corrected chi connectivity index (χ3v) is 4.45. The van der Waals surface area contributed by atoms with E-state index in [-0.39, 0.29) is 0 Å². The number of aromatic nitrogens is 1. The quantitative estimate of drug-likeness (QED) is 0.884. The molecule has 4 heteroatoms. The second kappa shape index (κ2) is 6.07. The molecule has 0 unspecified atom stereocenters. The molecule has 1 aliphatic rings. The Bertz CT molecular complexity index is 535. The average Bonchev–Trinajstić information content (AvgIpc) is 3.25. The van der Waals surface area contributed by atoms with Crippen molar-refractivity contribution in [2.75, 3.05) is 0 Å². The molecule has 1 heterocycles. The molecule has 1 N–H and O–H groups in total. The first kappa shape index (κ1) is 13.2. The molecule has 0 amide bonds. The van der Waals surface area contributed by atoms with Crippen LogP contribution in [-0.2, 0) is 6.54 Å². The summed E-state index contributed by atoms with van der Waals surface area (Å²) in [5.74, 6) is 0. The molecule has 98 valence electrons. The number of halogens is 1. The molecule has 0 bridgehead atoms. The van der Waals surface area contributed by atoms with E-state index < -0.39 is 0 Å². The van der Waals surface area contributed by atoms with E-state index in [2.05, 4.69) is 50.5 Å². The summed E-state index contributed by atoms with van der Waals surface area (Å²) in [6.45, 7) is 0.978. The number of hydrogen-bond acceptors (Lipinski definition) is 3. The third kappa shape index (κ3) is 4.06. The predicted octanol–water partition coefficient (Wildman–Crippen LogP) is 4.25. The van der Waals surface area contributed by atoms with Crippen molar-refractivity contribution in [2.45, 2.75) is 35.3 Å². The minimum Gasteiger partial charge on any atom is -0.310 e. The van der Waals surface area contributed by atoms with Crippen molar-refractivity contribution >= 4 is 27.7 Å². The summed E-state index contributed by atoms with van der Waals surface area (Å²) in [4.78, 5) is 5.59. The maximum atomic E-state index is 4.37. The van der Waals surface area contributed by atoms with Gasteiger partial charge < -0.3 is 5.32 Å². The van der Waals surface area contributed by atoms with Gasteiger partial charge in [0.2, 0.25) is 0 Å². The van der Waals surface area contributed by atoms with Crippen LogP contribution in [-0.4, -0.2) is 11.0 Å². The van der Waals surface area contributed by atoms with Crippen molar-refractivity contribution in [3.05, 3.63) is 52.6 Å². The summed E-state index contributed by atoms with van der Waals surface area (Å²) in [7, 11) is 0. The first-order chi connectivity index (χ1) is 9.29. The maximum Gasteiger partial charge on any atom is 0.101 e. The summed E-state index contributed by atoms with van der Waals surface area (Å²) in [5.41, 5.74) is 1.35. The second-order valence-electron chi connectivity index (χ2n) is 4.72. The largest absolute Gasteiger partial charge is 0.310 e. The number of pyridine rings is 1. The molecular weight excluding hydrogens is 320 g/mol. The van der Waals surface area contributed by atoms with Crippen LogP contribution >= 0.6 is 27.7 Å². The third-order valence-electron chi connectivity index (χ3n) is 3.02. The van der Waals surface area contributed by atoms with Crippen molar-refractivity contribution in [2.24, 2.45) is 0 Å². The van der Waals surface area contributed by atoms with E-state index in [1.54, 1.807) is 11.8 Å². The molecule has 2 aromatic rings. The van der Waals surface area contributed by atoms with Gasteiger partial charge in [0.25, 0.3) is 0 Å². The van der Waals surface area contributed by atoms with Gasteiger partial charge in [0, 0.05) is 28.2 Å². The van der Waals surface area contributed by atoms with Gasteiger partial charge in [-0.05, 0) is 58.6 Å². The van der Waals surface area contributed by atoms with E-state index in [1.807, 2.05) is 18.3 Å². The summed E-state index contributed by atoms with van der Waals surface area (Å²) in [5, 5.41) is 4.54. The summed E-state index contributed by atoms with van der Waals surface area (Å²) in [6, 6.07) is 13.5. The molecule has 3 rings (SSSR count). The maximum absolute atomic E-state index is 4.37. The van der Waals surface area contributed by atoms with Crippen LogP contribution in [0.5, 0.6) is 0 Å². The Kier molecular flexibility index (Phi) is 4.21. The fraction of sp³-hybridized carbons (Fsp3) is 0.267. The molecule has 0 radical (unpaired) electrons. The minimum absolute atomic E-state index is 0.765. The van der Waals surface area contributed by atoms with E-state index in [1.165, 1.54) is 23.3 Å². The van der Waals surface area contributed by atoms with Gasteiger partial charge in [-0.25, -0.2) is 4.98 Å². The lowest BCUT2D eigenvalue weighted by Gasteiger charge is -2.05. The lowest BCUT2D eigenvalue weighted by Crippen LogP contribution is -2.14. The van der Waals surface area contributed by atoms with Gasteiger partial charge >= 0.3 is 0 Å². The first-order valence-corrected chi connectivity index (χ1v) is 8.02. The lowest BCUT2D eigenvalue weighted by molar-refractivity contribution is 0.687. The topological polar surface area (TPSA) is 24.9 Å². The predicted molar refractivity (Wildman–Crippen MR) is 82.4 cm³/mol. The minimum atomic E-state index is 0.765. The number of rotatable bonds is 5. The zero-order valence-electron chi connectivity index (χ0n) is 10.5. The van der Waals surface area contributed by atoms with Crippen LogP contribution in [0.3, 0.4) is 0 Å². The van der Waals surface area contributed by atoms with Crippen LogP contribution in [0, 0.1) is 0 Å². The van der Waals surface area contributed by atoms with Crippen molar-refractivity contribution in [1.82, 2.24) is 10.3 Å². The summed E-state index contributed by atoms with van der Waals surface area (Å²) < 4.78 is 1.01. The van der Waals surface area contributed by atoms with E-state index >= 15 is 0 Å². The Labute approximate surface area is 126 Å².